The Morgan fingerprint density at radius 3 is 0.543 bits per heavy atom. The molecule has 0 aliphatic heterocycles. The molecule has 0 spiro atoms. The summed E-state index contributed by atoms with van der Waals surface area (Å²) in [7, 11) is 0. The minimum absolute atomic E-state index is 0.420. The van der Waals surface area contributed by atoms with Crippen molar-refractivity contribution < 1.29 is 0 Å². The van der Waals surface area contributed by atoms with Gasteiger partial charge in [0.25, 0.3) is 0 Å². The summed E-state index contributed by atoms with van der Waals surface area (Å²) in [5.74, 6) is 3.65. The molecule has 480 valence electrons. The fourth-order valence-corrected chi connectivity index (χ4v) is 14.9. The van der Waals surface area contributed by atoms with Gasteiger partial charge in [0.1, 0.15) is 0 Å². The van der Waals surface area contributed by atoms with Gasteiger partial charge in [-0.3, -0.25) is 0 Å². The van der Waals surface area contributed by atoms with E-state index in [-0.39, 0.29) is 0 Å². The predicted octanol–water partition coefficient (Wildman–Crippen LogP) is 23.4. The van der Waals surface area contributed by atoms with Crippen LogP contribution in [-0.4, -0.2) is 31.3 Å². The van der Waals surface area contributed by atoms with Gasteiger partial charge in [-0.25, -0.2) is 0 Å². The first-order chi connectivity index (χ1) is 43.8. The number of nitrogens with two attached hydrogens (primary N) is 2. The van der Waals surface area contributed by atoms with Crippen molar-refractivity contribution in [3.8, 4) is 44.5 Å². The second kappa shape index (κ2) is 37.8. The maximum atomic E-state index is 6.74. The molecule has 0 bridgehead atoms. The van der Waals surface area contributed by atoms with Crippen LogP contribution in [0.15, 0.2) is 231 Å². The molecule has 0 saturated heterocycles. The van der Waals surface area contributed by atoms with E-state index in [1.807, 2.05) is 72.8 Å². The fraction of sp³-hybridized carbons (Fsp3) is 0.318. The number of rotatable bonds is 13. The normalized spacial score (nSPS) is 11.0. The van der Waals surface area contributed by atoms with Crippen LogP contribution in [-0.2, 0) is 0 Å². The predicted molar refractivity (Wildman–Crippen MR) is 411 cm³/mol. The third-order valence-electron chi connectivity index (χ3n) is 16.7. The number of hydrogen-bond donors (Lipinski definition) is 2. The summed E-state index contributed by atoms with van der Waals surface area (Å²) in [6.07, 6.45) is 0. The van der Waals surface area contributed by atoms with Gasteiger partial charge < -0.3 is 0 Å². The number of aryl methyl sites for hydroxylation is 4. The Morgan fingerprint density at radius 2 is 0.391 bits per heavy atom. The molecule has 0 unspecified atom stereocenters. The largest absolute Gasteiger partial charge is 0.0622 e. The van der Waals surface area contributed by atoms with E-state index in [4.69, 9.17) is 9.38 Å². The average molecular weight is 1340 g/mol. The zero-order valence-electron chi connectivity index (χ0n) is 59.7. The SMILES string of the molecule is CC(C)c1cccc(C(C)C)c1-c1cccc(-c2c(C(C)C)cccc2C(C)C)[c]1[Ge].CC(C)c1cccc(C(C)C)c1-c1cccc(-c2c(C(C)C)cccc2C(C)C)[c]1[Ge]([NH2])[NH2].Cc1ccccc1.Cc1ccccc1.Cc1ccccc1.Cc1ccccc1. The maximum Gasteiger partial charge on any atom is -0.0398 e. The molecule has 0 atom stereocenters. The zero-order valence-corrected chi connectivity index (χ0v) is 63.9. The summed E-state index contributed by atoms with van der Waals surface area (Å²) in [4.78, 5) is 0. The van der Waals surface area contributed by atoms with Crippen LogP contribution < -0.4 is 18.2 Å². The van der Waals surface area contributed by atoms with Crippen molar-refractivity contribution in [2.75, 3.05) is 0 Å². The summed E-state index contributed by atoms with van der Waals surface area (Å²) in [6.45, 7) is 45.1. The first kappa shape index (κ1) is 75.9. The van der Waals surface area contributed by atoms with Crippen molar-refractivity contribution in [3.05, 3.63) is 297 Å². The zero-order chi connectivity index (χ0) is 67.8. The van der Waals surface area contributed by atoms with Crippen molar-refractivity contribution in [2.45, 2.75) is 186 Å². The van der Waals surface area contributed by atoms with Gasteiger partial charge in [0.15, 0.2) is 0 Å². The first-order valence-electron chi connectivity index (χ1n) is 33.7. The number of benzene rings is 10. The Balaban J connectivity index is 0.000000234. The van der Waals surface area contributed by atoms with E-state index in [1.165, 1.54) is 120 Å². The van der Waals surface area contributed by atoms with Crippen LogP contribution in [0.25, 0.3) is 44.5 Å². The van der Waals surface area contributed by atoms with E-state index in [9.17, 15) is 0 Å². The molecule has 0 amide bonds. The van der Waals surface area contributed by atoms with E-state index in [2.05, 4.69) is 313 Å². The topological polar surface area (TPSA) is 52.0 Å². The minimum atomic E-state index is -2.47. The molecule has 0 aliphatic rings. The molecule has 92 heavy (non-hydrogen) atoms. The quantitative estimate of drug-likeness (QED) is 0.113. The summed E-state index contributed by atoms with van der Waals surface area (Å²) in [6, 6.07) is 81.9. The summed E-state index contributed by atoms with van der Waals surface area (Å²) >= 11 is -0.145. The maximum absolute atomic E-state index is 6.74. The van der Waals surface area contributed by atoms with E-state index >= 15 is 0 Å². The van der Waals surface area contributed by atoms with Crippen molar-refractivity contribution in [3.63, 3.8) is 0 Å². The van der Waals surface area contributed by atoms with Gasteiger partial charge in [0.2, 0.25) is 0 Å². The van der Waals surface area contributed by atoms with Gasteiger partial charge >= 0.3 is 406 Å². The molecular formula is C88H110Ge2N2. The minimum Gasteiger partial charge on any atom is -0.0622 e. The number of hydrogen-bond acceptors (Lipinski definition) is 2. The summed E-state index contributed by atoms with van der Waals surface area (Å²) < 4.78 is 16.1. The summed E-state index contributed by atoms with van der Waals surface area (Å²) in [5.41, 5.74) is 27.4. The Hall–Kier alpha value is -6.79. The van der Waals surface area contributed by atoms with E-state index in [0.29, 0.717) is 47.3 Å². The second-order valence-electron chi connectivity index (χ2n) is 27.0. The van der Waals surface area contributed by atoms with E-state index < -0.39 is 14.8 Å². The van der Waals surface area contributed by atoms with Crippen LogP contribution in [0, 0.1) is 27.7 Å². The van der Waals surface area contributed by atoms with Crippen LogP contribution in [0.3, 0.4) is 0 Å². The molecule has 4 radical (unpaired) electrons. The molecule has 0 heterocycles. The van der Waals surface area contributed by atoms with Crippen molar-refractivity contribution >= 4 is 40.1 Å². The standard InChI is InChI=1S/C30H41GeN2.C30H37Ge.4C7H8/c1-18(2)22-12-9-13-23(19(3)4)28(22)26-16-11-17-27(30(26)31(32)33)29-24(20(5)6)14-10-15-25(29)21(7)8;1-18(2)22-12-9-13-23(19(3)4)28(22)26-16-11-17-27(30(26)31)29-24(20(5)6)14-10-15-25(29)21(7)8;4*1-7-5-3-2-4-6-7/h9-21H,32-33H2,1-8H3;9-21H,1-8H3;4*2-6H,1H3. The van der Waals surface area contributed by atoms with Gasteiger partial charge in [0, 0.05) is 0 Å². The van der Waals surface area contributed by atoms with Gasteiger partial charge in [0.05, 0.1) is 0 Å². The Bertz CT molecular complexity index is 3360. The smallest absolute Gasteiger partial charge is 0.0398 e. The molecule has 10 aromatic carbocycles. The Morgan fingerprint density at radius 1 is 0.228 bits per heavy atom. The van der Waals surface area contributed by atoms with E-state index in [1.54, 1.807) is 0 Å². The van der Waals surface area contributed by atoms with Crippen molar-refractivity contribution in [1.82, 2.24) is 0 Å². The van der Waals surface area contributed by atoms with Crippen molar-refractivity contribution in [1.29, 1.82) is 0 Å². The van der Waals surface area contributed by atoms with Gasteiger partial charge in [-0.1, -0.05) is 144 Å². The van der Waals surface area contributed by atoms with Crippen LogP contribution in [0.1, 0.15) is 225 Å². The molecule has 4 heteroatoms. The van der Waals surface area contributed by atoms with Crippen LogP contribution in [0.4, 0.5) is 0 Å². The molecule has 10 aromatic rings. The Kier molecular flexibility index (Phi) is 31.2. The van der Waals surface area contributed by atoms with E-state index in [0.717, 1.165) is 0 Å². The van der Waals surface area contributed by atoms with Gasteiger partial charge in [-0.15, -0.1) is 0 Å². The average Bonchev–Trinajstić information content (AvgIpc) is 0.781. The Labute approximate surface area is 573 Å². The van der Waals surface area contributed by atoms with Crippen molar-refractivity contribution in [2.24, 2.45) is 9.38 Å². The molecule has 0 fully saturated rings. The van der Waals surface area contributed by atoms with Gasteiger partial charge in [-0.2, -0.15) is 0 Å². The third-order valence-corrected chi connectivity index (χ3v) is 20.2. The molecule has 4 N–H and O–H groups in total. The van der Waals surface area contributed by atoms with Crippen LogP contribution >= 0.6 is 0 Å². The second-order valence-corrected chi connectivity index (χ2v) is 31.0. The van der Waals surface area contributed by atoms with Crippen LogP contribution in [0.2, 0.25) is 0 Å². The summed E-state index contributed by atoms with van der Waals surface area (Å²) in [5, 5.41) is 0. The molecule has 0 saturated carbocycles. The fourth-order valence-electron chi connectivity index (χ4n) is 11.8. The van der Waals surface area contributed by atoms with Gasteiger partial charge in [-0.05, 0) is 27.7 Å². The molecular weight excluding hydrogens is 1230 g/mol. The first-order valence-corrected chi connectivity index (χ1v) is 38.3. The molecule has 0 aliphatic carbocycles. The molecule has 2 nitrogen and oxygen atoms in total. The molecule has 10 rings (SSSR count). The monoisotopic (exact) mass is 1340 g/mol. The molecule has 0 aromatic heterocycles. The third kappa shape index (κ3) is 21.6. The van der Waals surface area contributed by atoms with Crippen LogP contribution in [0.5, 0.6) is 0 Å².